The Balaban J connectivity index is 2.18. The van der Waals surface area contributed by atoms with Crippen LogP contribution in [0.2, 0.25) is 0 Å². The van der Waals surface area contributed by atoms with E-state index in [1.807, 2.05) is 0 Å². The Kier molecular flexibility index (Phi) is 3.05. The van der Waals surface area contributed by atoms with Crippen molar-refractivity contribution in [3.05, 3.63) is 11.9 Å². The molecular formula is C11H17N3O2. The van der Waals surface area contributed by atoms with Crippen molar-refractivity contribution in [2.75, 3.05) is 0 Å². The first-order valence-corrected chi connectivity index (χ1v) is 5.75. The van der Waals surface area contributed by atoms with Crippen LogP contribution in [0.5, 0.6) is 0 Å². The Morgan fingerprint density at radius 3 is 2.50 bits per heavy atom. The van der Waals surface area contributed by atoms with Crippen LogP contribution in [-0.4, -0.2) is 31.5 Å². The molecule has 16 heavy (non-hydrogen) atoms. The van der Waals surface area contributed by atoms with E-state index in [0.717, 1.165) is 25.7 Å². The van der Waals surface area contributed by atoms with Gasteiger partial charge in [-0.15, -0.1) is 5.10 Å². The van der Waals surface area contributed by atoms with Crippen molar-refractivity contribution in [1.29, 1.82) is 0 Å². The van der Waals surface area contributed by atoms with Crippen molar-refractivity contribution in [1.82, 2.24) is 15.0 Å². The molecule has 0 saturated heterocycles. The summed E-state index contributed by atoms with van der Waals surface area (Å²) in [6.45, 7) is 0. The third-order valence-corrected chi connectivity index (χ3v) is 3.19. The predicted molar refractivity (Wildman–Crippen MR) is 58.0 cm³/mol. The van der Waals surface area contributed by atoms with E-state index >= 15 is 0 Å². The predicted octanol–water partition coefficient (Wildman–Crippen LogP) is 1.08. The topological polar surface area (TPSA) is 68.0 Å². The smallest absolute Gasteiger partial charge is 0.216 e. The van der Waals surface area contributed by atoms with Gasteiger partial charge in [-0.25, -0.2) is 0 Å². The van der Waals surface area contributed by atoms with Crippen LogP contribution in [0, 0.1) is 0 Å². The van der Waals surface area contributed by atoms with E-state index in [2.05, 4.69) is 10.3 Å². The first-order valence-electron chi connectivity index (χ1n) is 5.75. The molecule has 1 aliphatic rings. The molecule has 0 bridgehead atoms. The van der Waals surface area contributed by atoms with Gasteiger partial charge < -0.3 is 5.11 Å². The molecule has 0 radical (unpaired) electrons. The molecule has 1 N–H and O–H groups in total. The summed E-state index contributed by atoms with van der Waals surface area (Å²) in [4.78, 5) is 12.1. The number of hydrogen-bond acceptors (Lipinski definition) is 4. The van der Waals surface area contributed by atoms with Gasteiger partial charge in [0.15, 0.2) is 5.69 Å². The highest BCUT2D eigenvalue weighted by molar-refractivity contribution is 6.00. The number of carbonyl (C=O) groups is 1. The van der Waals surface area contributed by atoms with Gasteiger partial charge in [0.1, 0.15) is 5.60 Å². The highest BCUT2D eigenvalue weighted by Crippen LogP contribution is 2.29. The Morgan fingerprint density at radius 2 is 2.00 bits per heavy atom. The number of aryl methyl sites for hydroxylation is 1. The lowest BCUT2D eigenvalue weighted by Gasteiger charge is -2.23. The van der Waals surface area contributed by atoms with E-state index in [4.69, 9.17) is 0 Å². The molecule has 1 aliphatic carbocycles. The second-order valence-corrected chi connectivity index (χ2v) is 4.55. The van der Waals surface area contributed by atoms with Crippen molar-refractivity contribution in [2.45, 2.75) is 44.1 Å². The van der Waals surface area contributed by atoms with Crippen LogP contribution in [0.3, 0.4) is 0 Å². The highest BCUT2D eigenvalue weighted by atomic mass is 16.3. The highest BCUT2D eigenvalue weighted by Gasteiger charge is 2.37. The SMILES string of the molecule is Cn1cc(C(=O)C2(O)CCCCCC2)nn1. The molecule has 0 amide bonds. The molecule has 88 valence electrons. The molecule has 0 unspecified atom stereocenters. The van der Waals surface area contributed by atoms with Crippen LogP contribution < -0.4 is 0 Å². The maximum absolute atomic E-state index is 12.1. The molecule has 1 fully saturated rings. The van der Waals surface area contributed by atoms with Gasteiger partial charge in [-0.2, -0.15) is 0 Å². The quantitative estimate of drug-likeness (QED) is 0.602. The number of Topliss-reactive ketones (excluding diaryl/α,β-unsaturated/α-hetero) is 1. The molecular weight excluding hydrogens is 206 g/mol. The summed E-state index contributed by atoms with van der Waals surface area (Å²) in [5.41, 5.74) is -0.945. The molecule has 0 aliphatic heterocycles. The zero-order valence-electron chi connectivity index (χ0n) is 9.52. The maximum Gasteiger partial charge on any atom is 0.216 e. The van der Waals surface area contributed by atoms with Crippen LogP contribution >= 0.6 is 0 Å². The second-order valence-electron chi connectivity index (χ2n) is 4.55. The average molecular weight is 223 g/mol. The number of carbonyl (C=O) groups excluding carboxylic acids is 1. The number of nitrogens with zero attached hydrogens (tertiary/aromatic N) is 3. The third-order valence-electron chi connectivity index (χ3n) is 3.19. The van der Waals surface area contributed by atoms with Gasteiger partial charge in [-0.3, -0.25) is 9.48 Å². The molecule has 2 rings (SSSR count). The van der Waals surface area contributed by atoms with Crippen molar-refractivity contribution in [3.63, 3.8) is 0 Å². The Labute approximate surface area is 94.5 Å². The van der Waals surface area contributed by atoms with E-state index in [-0.39, 0.29) is 11.5 Å². The van der Waals surface area contributed by atoms with Crippen LogP contribution in [0.4, 0.5) is 0 Å². The van der Waals surface area contributed by atoms with Crippen LogP contribution in [0.1, 0.15) is 49.0 Å². The number of aromatic nitrogens is 3. The molecule has 0 atom stereocenters. The number of hydrogen-bond donors (Lipinski definition) is 1. The Hall–Kier alpha value is -1.23. The second kappa shape index (κ2) is 4.33. The first-order chi connectivity index (χ1) is 7.62. The lowest BCUT2D eigenvalue weighted by Crippen LogP contribution is -2.38. The van der Waals surface area contributed by atoms with Crippen molar-refractivity contribution >= 4 is 5.78 Å². The lowest BCUT2D eigenvalue weighted by molar-refractivity contribution is 0.0233. The summed E-state index contributed by atoms with van der Waals surface area (Å²) in [5, 5.41) is 17.8. The zero-order chi connectivity index (χ0) is 11.6. The number of aliphatic hydroxyl groups is 1. The van der Waals surface area contributed by atoms with E-state index in [9.17, 15) is 9.90 Å². The molecule has 5 nitrogen and oxygen atoms in total. The standard InChI is InChI=1S/C11H17N3O2/c1-14-8-9(12-13-14)10(15)11(16)6-4-2-3-5-7-11/h8,16H,2-7H2,1H3. The van der Waals surface area contributed by atoms with E-state index in [1.54, 1.807) is 13.2 Å². The van der Waals surface area contributed by atoms with Gasteiger partial charge in [0.05, 0.1) is 6.20 Å². The van der Waals surface area contributed by atoms with Gasteiger partial charge in [-0.1, -0.05) is 30.9 Å². The minimum atomic E-state index is -1.22. The summed E-state index contributed by atoms with van der Waals surface area (Å²) >= 11 is 0. The van der Waals surface area contributed by atoms with Gasteiger partial charge in [0, 0.05) is 7.05 Å². The average Bonchev–Trinajstić information content (AvgIpc) is 2.56. The zero-order valence-corrected chi connectivity index (χ0v) is 9.52. The van der Waals surface area contributed by atoms with Gasteiger partial charge in [-0.05, 0) is 12.8 Å². The molecule has 1 aromatic rings. The Morgan fingerprint density at radius 1 is 1.38 bits per heavy atom. The molecule has 1 saturated carbocycles. The van der Waals surface area contributed by atoms with Gasteiger partial charge in [0.25, 0.3) is 0 Å². The fourth-order valence-electron chi connectivity index (χ4n) is 2.23. The van der Waals surface area contributed by atoms with Crippen LogP contribution in [0.15, 0.2) is 6.20 Å². The maximum atomic E-state index is 12.1. The summed E-state index contributed by atoms with van der Waals surface area (Å²) in [7, 11) is 1.71. The van der Waals surface area contributed by atoms with Crippen LogP contribution in [-0.2, 0) is 7.05 Å². The van der Waals surface area contributed by atoms with Crippen molar-refractivity contribution < 1.29 is 9.90 Å². The first kappa shape index (κ1) is 11.3. The molecule has 5 heteroatoms. The monoisotopic (exact) mass is 223 g/mol. The van der Waals surface area contributed by atoms with Gasteiger partial charge in [0.2, 0.25) is 5.78 Å². The molecule has 0 aromatic carbocycles. The lowest BCUT2D eigenvalue weighted by atomic mass is 9.88. The van der Waals surface area contributed by atoms with Crippen LogP contribution in [0.25, 0.3) is 0 Å². The molecule has 1 aromatic heterocycles. The molecule has 0 spiro atoms. The summed E-state index contributed by atoms with van der Waals surface area (Å²) in [6.07, 6.45) is 6.65. The van der Waals surface area contributed by atoms with Crippen molar-refractivity contribution in [2.24, 2.45) is 7.05 Å². The van der Waals surface area contributed by atoms with E-state index in [0.29, 0.717) is 12.8 Å². The van der Waals surface area contributed by atoms with Crippen molar-refractivity contribution in [3.8, 4) is 0 Å². The summed E-state index contributed by atoms with van der Waals surface area (Å²) < 4.78 is 1.48. The fourth-order valence-corrected chi connectivity index (χ4v) is 2.23. The minimum absolute atomic E-state index is 0.270. The number of ketones is 1. The minimum Gasteiger partial charge on any atom is -0.382 e. The number of rotatable bonds is 2. The largest absolute Gasteiger partial charge is 0.382 e. The van der Waals surface area contributed by atoms with E-state index < -0.39 is 5.60 Å². The Bertz CT molecular complexity index is 378. The fraction of sp³-hybridized carbons (Fsp3) is 0.727. The third kappa shape index (κ3) is 2.14. The summed E-state index contributed by atoms with van der Waals surface area (Å²) in [5.74, 6) is -0.275. The molecule has 1 heterocycles. The van der Waals surface area contributed by atoms with E-state index in [1.165, 1.54) is 4.68 Å². The van der Waals surface area contributed by atoms with Gasteiger partial charge >= 0.3 is 0 Å². The normalized spacial score (nSPS) is 20.4. The summed E-state index contributed by atoms with van der Waals surface area (Å²) in [6, 6.07) is 0.